The van der Waals surface area contributed by atoms with Gasteiger partial charge < -0.3 is 5.32 Å². The van der Waals surface area contributed by atoms with Gasteiger partial charge in [-0.15, -0.1) is 11.3 Å². The molecule has 4 nitrogen and oxygen atoms in total. The van der Waals surface area contributed by atoms with Crippen molar-refractivity contribution >= 4 is 38.6 Å². The summed E-state index contributed by atoms with van der Waals surface area (Å²) >= 11 is 7.36. The van der Waals surface area contributed by atoms with Crippen molar-refractivity contribution in [3.05, 3.63) is 45.6 Å². The van der Waals surface area contributed by atoms with Crippen LogP contribution in [-0.4, -0.2) is 15.5 Å². The monoisotopic (exact) mass is 316 g/mol. The molecule has 1 aromatic heterocycles. The Balaban J connectivity index is 2.03. The number of benzene rings is 1. The van der Waals surface area contributed by atoms with Gasteiger partial charge in [0.05, 0.1) is 9.23 Å². The fourth-order valence-electron chi connectivity index (χ4n) is 1.51. The number of hydrogen-bond acceptors (Lipinski definition) is 4. The Morgan fingerprint density at radius 3 is 2.37 bits per heavy atom. The highest BCUT2D eigenvalue weighted by Crippen LogP contribution is 2.22. The minimum Gasteiger partial charge on any atom is -0.380 e. The van der Waals surface area contributed by atoms with Crippen LogP contribution < -0.4 is 10.0 Å². The van der Waals surface area contributed by atoms with Crippen LogP contribution in [0.2, 0.25) is 4.34 Å². The molecule has 0 bridgehead atoms. The summed E-state index contributed by atoms with van der Waals surface area (Å²) in [6.45, 7) is 0.662. The average molecular weight is 317 g/mol. The second-order valence-corrected chi connectivity index (χ2v) is 7.48. The first kappa shape index (κ1) is 14.3. The second-order valence-electron chi connectivity index (χ2n) is 3.79. The molecule has 0 spiro atoms. The Morgan fingerprint density at radius 2 is 1.84 bits per heavy atom. The number of thiophene rings is 1. The van der Waals surface area contributed by atoms with Gasteiger partial charge in [-0.1, -0.05) is 11.6 Å². The van der Waals surface area contributed by atoms with Crippen LogP contribution in [0.5, 0.6) is 0 Å². The van der Waals surface area contributed by atoms with Gasteiger partial charge in [0.2, 0.25) is 10.0 Å². The van der Waals surface area contributed by atoms with E-state index < -0.39 is 10.0 Å². The Labute approximate surface area is 121 Å². The first-order valence-electron chi connectivity index (χ1n) is 5.53. The van der Waals surface area contributed by atoms with Crippen molar-refractivity contribution in [3.63, 3.8) is 0 Å². The van der Waals surface area contributed by atoms with Crippen LogP contribution in [0.25, 0.3) is 0 Å². The molecule has 0 radical (unpaired) electrons. The van der Waals surface area contributed by atoms with Crippen LogP contribution in [0, 0.1) is 0 Å². The van der Waals surface area contributed by atoms with Crippen LogP contribution in [-0.2, 0) is 16.6 Å². The lowest BCUT2D eigenvalue weighted by molar-refractivity contribution is 0.588. The lowest BCUT2D eigenvalue weighted by Gasteiger charge is -2.06. The molecule has 0 saturated heterocycles. The SMILES string of the molecule is CNS(=O)(=O)c1ccc(NCc2ccc(Cl)s2)cc1. The van der Waals surface area contributed by atoms with E-state index in [1.54, 1.807) is 24.3 Å². The Bertz CT molecular complexity index is 651. The smallest absolute Gasteiger partial charge is 0.240 e. The zero-order valence-electron chi connectivity index (χ0n) is 10.2. The molecule has 0 unspecified atom stereocenters. The summed E-state index contributed by atoms with van der Waals surface area (Å²) in [5, 5.41) is 3.21. The van der Waals surface area contributed by atoms with Crippen LogP contribution in [0.3, 0.4) is 0 Å². The zero-order chi connectivity index (χ0) is 13.9. The molecular weight excluding hydrogens is 304 g/mol. The molecule has 0 aliphatic rings. The van der Waals surface area contributed by atoms with Gasteiger partial charge in [-0.25, -0.2) is 13.1 Å². The summed E-state index contributed by atoms with van der Waals surface area (Å²) < 4.78 is 26.1. The van der Waals surface area contributed by atoms with Gasteiger partial charge in [0.15, 0.2) is 0 Å². The standard InChI is InChI=1S/C12H13ClN2O2S2/c1-14-19(16,17)11-5-2-9(3-6-11)15-8-10-4-7-12(13)18-10/h2-7,14-15H,8H2,1H3. The molecule has 2 N–H and O–H groups in total. The summed E-state index contributed by atoms with van der Waals surface area (Å²) in [5.41, 5.74) is 0.861. The van der Waals surface area contributed by atoms with Gasteiger partial charge in [0.1, 0.15) is 0 Å². The van der Waals surface area contributed by atoms with Crippen LogP contribution in [0.1, 0.15) is 4.88 Å². The summed E-state index contributed by atoms with van der Waals surface area (Å²) in [6, 6.07) is 10.4. The van der Waals surface area contributed by atoms with Crippen molar-refractivity contribution in [3.8, 4) is 0 Å². The minimum absolute atomic E-state index is 0.250. The molecule has 0 fully saturated rings. The van der Waals surface area contributed by atoms with Crippen LogP contribution in [0.15, 0.2) is 41.3 Å². The second kappa shape index (κ2) is 5.92. The Kier molecular flexibility index (Phi) is 4.46. The largest absolute Gasteiger partial charge is 0.380 e. The van der Waals surface area contributed by atoms with Crippen molar-refractivity contribution in [2.75, 3.05) is 12.4 Å². The fourth-order valence-corrected chi connectivity index (χ4v) is 3.26. The number of hydrogen-bond donors (Lipinski definition) is 2. The molecule has 19 heavy (non-hydrogen) atoms. The van der Waals surface area contributed by atoms with Gasteiger partial charge >= 0.3 is 0 Å². The topological polar surface area (TPSA) is 58.2 Å². The van der Waals surface area contributed by atoms with E-state index in [2.05, 4.69) is 10.0 Å². The summed E-state index contributed by atoms with van der Waals surface area (Å²) in [4.78, 5) is 1.37. The molecule has 0 aliphatic heterocycles. The van der Waals surface area contributed by atoms with Gasteiger partial charge in [-0.3, -0.25) is 0 Å². The third-order valence-electron chi connectivity index (χ3n) is 2.53. The molecule has 0 aliphatic carbocycles. The van der Waals surface area contributed by atoms with E-state index in [-0.39, 0.29) is 4.90 Å². The van der Waals surface area contributed by atoms with Gasteiger partial charge in [0, 0.05) is 17.1 Å². The summed E-state index contributed by atoms with van der Waals surface area (Å²) in [7, 11) is -1.98. The number of halogens is 1. The predicted octanol–water partition coefficient (Wildman–Crippen LogP) is 2.92. The molecule has 2 aromatic rings. The lowest BCUT2D eigenvalue weighted by Crippen LogP contribution is -2.18. The third kappa shape index (κ3) is 3.70. The molecule has 0 amide bonds. The number of anilines is 1. The highest BCUT2D eigenvalue weighted by molar-refractivity contribution is 7.89. The maximum Gasteiger partial charge on any atom is 0.240 e. The van der Waals surface area contributed by atoms with Crippen LogP contribution in [0.4, 0.5) is 5.69 Å². The van der Waals surface area contributed by atoms with Crippen LogP contribution >= 0.6 is 22.9 Å². The summed E-state index contributed by atoms with van der Waals surface area (Å²) in [5.74, 6) is 0. The molecule has 7 heteroatoms. The molecule has 2 rings (SSSR count). The van der Waals surface area contributed by atoms with Crippen molar-refractivity contribution in [2.24, 2.45) is 0 Å². The molecule has 1 aromatic carbocycles. The molecule has 0 atom stereocenters. The molecular formula is C12H13ClN2O2S2. The van der Waals surface area contributed by atoms with Gasteiger partial charge in [-0.2, -0.15) is 0 Å². The number of rotatable bonds is 5. The van der Waals surface area contributed by atoms with Crippen molar-refractivity contribution in [1.82, 2.24) is 4.72 Å². The third-order valence-corrected chi connectivity index (χ3v) is 5.19. The van der Waals surface area contributed by atoms with Gasteiger partial charge in [0.25, 0.3) is 0 Å². The minimum atomic E-state index is -3.37. The van der Waals surface area contributed by atoms with Crippen molar-refractivity contribution < 1.29 is 8.42 Å². The van der Waals surface area contributed by atoms with E-state index in [4.69, 9.17) is 11.6 Å². The first-order chi connectivity index (χ1) is 9.01. The highest BCUT2D eigenvalue weighted by Gasteiger charge is 2.10. The maximum atomic E-state index is 11.5. The number of sulfonamides is 1. The van der Waals surface area contributed by atoms with Crippen molar-refractivity contribution in [1.29, 1.82) is 0 Å². The van der Waals surface area contributed by atoms with E-state index in [0.29, 0.717) is 6.54 Å². The highest BCUT2D eigenvalue weighted by atomic mass is 35.5. The lowest BCUT2D eigenvalue weighted by atomic mass is 10.3. The van der Waals surface area contributed by atoms with E-state index in [1.807, 2.05) is 12.1 Å². The normalized spacial score (nSPS) is 11.5. The van der Waals surface area contributed by atoms with E-state index in [0.717, 1.165) is 14.9 Å². The quantitative estimate of drug-likeness (QED) is 0.891. The first-order valence-corrected chi connectivity index (χ1v) is 8.21. The van der Waals surface area contributed by atoms with E-state index >= 15 is 0 Å². The van der Waals surface area contributed by atoms with E-state index in [1.165, 1.54) is 18.4 Å². The predicted molar refractivity (Wildman–Crippen MR) is 79.3 cm³/mol. The van der Waals surface area contributed by atoms with Gasteiger partial charge in [-0.05, 0) is 43.4 Å². The Morgan fingerprint density at radius 1 is 1.16 bits per heavy atom. The zero-order valence-corrected chi connectivity index (χ0v) is 12.6. The molecule has 1 heterocycles. The Hall–Kier alpha value is -1.08. The molecule has 0 saturated carbocycles. The summed E-state index contributed by atoms with van der Waals surface area (Å²) in [6.07, 6.45) is 0. The fraction of sp³-hybridized carbons (Fsp3) is 0.167. The number of nitrogens with one attached hydrogen (secondary N) is 2. The average Bonchev–Trinajstić information content (AvgIpc) is 2.83. The van der Waals surface area contributed by atoms with E-state index in [9.17, 15) is 8.42 Å². The maximum absolute atomic E-state index is 11.5. The van der Waals surface area contributed by atoms with Crippen molar-refractivity contribution in [2.45, 2.75) is 11.4 Å². The molecule has 102 valence electrons.